The van der Waals surface area contributed by atoms with E-state index in [1.807, 2.05) is 31.3 Å². The van der Waals surface area contributed by atoms with Crippen molar-refractivity contribution < 1.29 is 9.90 Å². The number of rotatable bonds is 3. The second kappa shape index (κ2) is 3.98. The largest absolute Gasteiger partial charge is 0.481 e. The molecule has 0 saturated carbocycles. The Morgan fingerprint density at radius 3 is 3.07 bits per heavy atom. The summed E-state index contributed by atoms with van der Waals surface area (Å²) in [6.07, 6.45) is 1.87. The van der Waals surface area contributed by atoms with Crippen LogP contribution < -0.4 is 0 Å². The van der Waals surface area contributed by atoms with Crippen molar-refractivity contribution in [1.82, 2.24) is 4.98 Å². The Bertz CT molecular complexity index is 504. The number of carboxylic acid groups (broad SMARTS) is 1. The number of hydrogen-bond donors (Lipinski definition) is 2. The molecule has 1 heterocycles. The van der Waals surface area contributed by atoms with E-state index in [0.717, 1.165) is 15.8 Å². The van der Waals surface area contributed by atoms with Crippen molar-refractivity contribution in [2.45, 2.75) is 11.8 Å². The van der Waals surface area contributed by atoms with Crippen LogP contribution >= 0.6 is 11.8 Å². The van der Waals surface area contributed by atoms with Crippen LogP contribution in [0.2, 0.25) is 0 Å². The Morgan fingerprint density at radius 1 is 1.53 bits per heavy atom. The van der Waals surface area contributed by atoms with E-state index in [1.54, 1.807) is 0 Å². The minimum Gasteiger partial charge on any atom is -0.481 e. The zero-order chi connectivity index (χ0) is 10.8. The van der Waals surface area contributed by atoms with Crippen LogP contribution in [0.5, 0.6) is 0 Å². The van der Waals surface area contributed by atoms with Crippen LogP contribution in [-0.2, 0) is 4.79 Å². The molecule has 2 aromatic rings. The van der Waals surface area contributed by atoms with Crippen LogP contribution in [0.25, 0.3) is 10.9 Å². The molecule has 0 saturated heterocycles. The zero-order valence-corrected chi connectivity index (χ0v) is 9.10. The molecule has 0 fully saturated rings. The number of thioether (sulfide) groups is 1. The topological polar surface area (TPSA) is 53.1 Å². The molecule has 0 aliphatic rings. The number of hydrogen-bond acceptors (Lipinski definition) is 2. The first-order valence-corrected chi connectivity index (χ1v) is 5.58. The van der Waals surface area contributed by atoms with E-state index in [2.05, 4.69) is 4.98 Å². The van der Waals surface area contributed by atoms with Gasteiger partial charge in [0, 0.05) is 22.0 Å². The molecule has 0 unspecified atom stereocenters. The summed E-state index contributed by atoms with van der Waals surface area (Å²) in [7, 11) is 0. The Labute approximate surface area is 91.5 Å². The first kappa shape index (κ1) is 10.1. The summed E-state index contributed by atoms with van der Waals surface area (Å²) >= 11 is 1.35. The Kier molecular flexibility index (Phi) is 2.68. The first-order chi connectivity index (χ1) is 7.18. The minimum absolute atomic E-state index is 0.0985. The number of fused-ring (bicyclic) bond motifs is 1. The van der Waals surface area contributed by atoms with Crippen LogP contribution in [0, 0.1) is 6.92 Å². The quantitative estimate of drug-likeness (QED) is 0.783. The number of aryl methyl sites for hydroxylation is 1. The minimum atomic E-state index is -0.789. The lowest BCUT2D eigenvalue weighted by molar-refractivity contribution is -0.133. The molecule has 2 rings (SSSR count). The summed E-state index contributed by atoms with van der Waals surface area (Å²) in [6, 6.07) is 6.01. The molecule has 2 N–H and O–H groups in total. The van der Waals surface area contributed by atoms with Crippen molar-refractivity contribution in [2.24, 2.45) is 0 Å². The smallest absolute Gasteiger partial charge is 0.313 e. The Hall–Kier alpha value is -1.42. The van der Waals surface area contributed by atoms with E-state index >= 15 is 0 Å². The molecule has 0 atom stereocenters. The third-order valence-electron chi connectivity index (χ3n) is 2.23. The molecular formula is C11H11NO2S. The highest BCUT2D eigenvalue weighted by atomic mass is 32.2. The van der Waals surface area contributed by atoms with Gasteiger partial charge in [0.15, 0.2) is 0 Å². The van der Waals surface area contributed by atoms with Crippen molar-refractivity contribution in [1.29, 1.82) is 0 Å². The maximum Gasteiger partial charge on any atom is 0.313 e. The van der Waals surface area contributed by atoms with Gasteiger partial charge in [-0.2, -0.15) is 0 Å². The predicted molar refractivity (Wildman–Crippen MR) is 61.4 cm³/mol. The van der Waals surface area contributed by atoms with Gasteiger partial charge in [-0.1, -0.05) is 12.1 Å². The molecule has 1 aromatic heterocycles. The summed E-state index contributed by atoms with van der Waals surface area (Å²) in [4.78, 5) is 14.6. The number of aromatic amines is 1. The molecule has 0 radical (unpaired) electrons. The molecule has 0 spiro atoms. The van der Waals surface area contributed by atoms with Gasteiger partial charge in [-0.3, -0.25) is 4.79 Å². The van der Waals surface area contributed by atoms with Crippen LogP contribution in [0.4, 0.5) is 0 Å². The summed E-state index contributed by atoms with van der Waals surface area (Å²) in [5.41, 5.74) is 2.23. The SMILES string of the molecule is Cc1cccc2[nH]cc(SCC(=O)O)c12. The van der Waals surface area contributed by atoms with Crippen molar-refractivity contribution in [2.75, 3.05) is 5.75 Å². The number of H-pyrrole nitrogens is 1. The lowest BCUT2D eigenvalue weighted by atomic mass is 10.1. The van der Waals surface area contributed by atoms with Crippen LogP contribution in [0.3, 0.4) is 0 Å². The van der Waals surface area contributed by atoms with Gasteiger partial charge in [-0.25, -0.2) is 0 Å². The molecular weight excluding hydrogens is 210 g/mol. The van der Waals surface area contributed by atoms with Gasteiger partial charge < -0.3 is 10.1 Å². The van der Waals surface area contributed by atoms with Gasteiger partial charge in [-0.05, 0) is 18.6 Å². The number of carboxylic acids is 1. The maximum atomic E-state index is 10.5. The number of carbonyl (C=O) groups is 1. The molecule has 78 valence electrons. The molecule has 3 nitrogen and oxygen atoms in total. The van der Waals surface area contributed by atoms with Gasteiger partial charge in [0.25, 0.3) is 0 Å². The lowest BCUT2D eigenvalue weighted by Gasteiger charge is -1.99. The third kappa shape index (κ3) is 1.99. The summed E-state index contributed by atoms with van der Waals surface area (Å²) in [6.45, 7) is 2.03. The molecule has 1 aromatic carbocycles. The van der Waals surface area contributed by atoms with Crippen LogP contribution in [0.1, 0.15) is 5.56 Å². The average Bonchev–Trinajstić information content (AvgIpc) is 2.59. The fourth-order valence-corrected chi connectivity index (χ4v) is 2.42. The van der Waals surface area contributed by atoms with Gasteiger partial charge >= 0.3 is 5.97 Å². The van der Waals surface area contributed by atoms with E-state index in [9.17, 15) is 4.79 Å². The van der Waals surface area contributed by atoms with E-state index in [4.69, 9.17) is 5.11 Å². The Morgan fingerprint density at radius 2 is 2.33 bits per heavy atom. The number of nitrogens with one attached hydrogen (secondary N) is 1. The van der Waals surface area contributed by atoms with Crippen LogP contribution in [0.15, 0.2) is 29.3 Å². The highest BCUT2D eigenvalue weighted by Gasteiger charge is 2.07. The van der Waals surface area contributed by atoms with Crippen LogP contribution in [-0.4, -0.2) is 21.8 Å². The Balaban J connectivity index is 2.39. The fourth-order valence-electron chi connectivity index (χ4n) is 1.58. The lowest BCUT2D eigenvalue weighted by Crippen LogP contribution is -1.97. The van der Waals surface area contributed by atoms with E-state index in [0.29, 0.717) is 0 Å². The number of aliphatic carboxylic acids is 1. The molecule has 0 aliphatic heterocycles. The second-order valence-electron chi connectivity index (χ2n) is 3.33. The number of aromatic nitrogens is 1. The summed E-state index contributed by atoms with van der Waals surface area (Å²) < 4.78 is 0. The first-order valence-electron chi connectivity index (χ1n) is 4.60. The maximum absolute atomic E-state index is 10.5. The van der Waals surface area contributed by atoms with Gasteiger partial charge in [0.1, 0.15) is 0 Å². The standard InChI is InChI=1S/C11H11NO2S/c1-7-3-2-4-8-11(7)9(5-12-8)15-6-10(13)14/h2-5,12H,6H2,1H3,(H,13,14). The average molecular weight is 221 g/mol. The predicted octanol–water partition coefficient (Wildman–Crippen LogP) is 2.65. The molecule has 0 amide bonds. The third-order valence-corrected chi connectivity index (χ3v) is 3.25. The molecule has 15 heavy (non-hydrogen) atoms. The second-order valence-corrected chi connectivity index (χ2v) is 4.35. The molecule has 0 bridgehead atoms. The van der Waals surface area contributed by atoms with Crippen molar-refractivity contribution in [3.63, 3.8) is 0 Å². The fraction of sp³-hybridized carbons (Fsp3) is 0.182. The summed E-state index contributed by atoms with van der Waals surface area (Å²) in [5, 5.41) is 9.75. The zero-order valence-electron chi connectivity index (χ0n) is 8.28. The normalized spacial score (nSPS) is 10.7. The van der Waals surface area contributed by atoms with Gasteiger partial charge in [0.2, 0.25) is 0 Å². The van der Waals surface area contributed by atoms with Crippen molar-refractivity contribution >= 4 is 28.6 Å². The van der Waals surface area contributed by atoms with E-state index in [-0.39, 0.29) is 5.75 Å². The monoisotopic (exact) mass is 221 g/mol. The number of benzene rings is 1. The molecule has 0 aliphatic carbocycles. The summed E-state index contributed by atoms with van der Waals surface area (Å²) in [5.74, 6) is -0.690. The molecule has 4 heteroatoms. The van der Waals surface area contributed by atoms with Crippen molar-refractivity contribution in [3.05, 3.63) is 30.0 Å². The van der Waals surface area contributed by atoms with Gasteiger partial charge in [-0.15, -0.1) is 11.8 Å². The highest BCUT2D eigenvalue weighted by Crippen LogP contribution is 2.29. The van der Waals surface area contributed by atoms with E-state index < -0.39 is 5.97 Å². The van der Waals surface area contributed by atoms with Crippen molar-refractivity contribution in [3.8, 4) is 0 Å². The highest BCUT2D eigenvalue weighted by molar-refractivity contribution is 8.00. The van der Waals surface area contributed by atoms with Gasteiger partial charge in [0.05, 0.1) is 5.75 Å². The van der Waals surface area contributed by atoms with E-state index in [1.165, 1.54) is 17.3 Å².